The average molecular weight is 369 g/mol. The zero-order chi connectivity index (χ0) is 19.8. The van der Waals surface area contributed by atoms with Crippen molar-refractivity contribution in [2.75, 3.05) is 6.54 Å². The van der Waals surface area contributed by atoms with Gasteiger partial charge in [-0.3, -0.25) is 14.5 Å². The number of hydrogen-bond donors (Lipinski definition) is 2. The number of imide groups is 1. The van der Waals surface area contributed by atoms with Gasteiger partial charge in [0.05, 0.1) is 0 Å². The molecule has 2 rings (SSSR count). The summed E-state index contributed by atoms with van der Waals surface area (Å²) in [6, 6.07) is 12.0. The monoisotopic (exact) mass is 369 g/mol. The minimum Gasteiger partial charge on any atom is -0.508 e. The van der Waals surface area contributed by atoms with Crippen molar-refractivity contribution in [1.29, 1.82) is 0 Å². The SMILES string of the molecule is CCCCC(CC)CN(C(=O)c1cccc(O)c1)C(=O)c1cccc(O)c1. The maximum atomic E-state index is 13.1. The molecule has 0 bridgehead atoms. The molecule has 1 atom stereocenters. The Hall–Kier alpha value is -2.82. The summed E-state index contributed by atoms with van der Waals surface area (Å²) < 4.78 is 0. The van der Waals surface area contributed by atoms with Crippen LogP contribution in [-0.4, -0.2) is 33.5 Å². The van der Waals surface area contributed by atoms with Gasteiger partial charge < -0.3 is 10.2 Å². The van der Waals surface area contributed by atoms with E-state index in [0.29, 0.717) is 6.54 Å². The zero-order valence-corrected chi connectivity index (χ0v) is 15.9. The standard InChI is InChI=1S/C22H27NO4/c1-3-5-8-16(4-2)15-23(21(26)17-9-6-11-19(24)13-17)22(27)18-10-7-12-20(25)14-18/h6-7,9-14,16,24-25H,3-5,8,15H2,1-2H3. The highest BCUT2D eigenvalue weighted by Gasteiger charge is 2.27. The van der Waals surface area contributed by atoms with Gasteiger partial charge in [0.2, 0.25) is 0 Å². The summed E-state index contributed by atoms with van der Waals surface area (Å²) in [5, 5.41) is 19.4. The van der Waals surface area contributed by atoms with Crippen LogP contribution in [0.2, 0.25) is 0 Å². The van der Waals surface area contributed by atoms with Crippen LogP contribution in [0.4, 0.5) is 0 Å². The molecule has 0 fully saturated rings. The number of benzene rings is 2. The highest BCUT2D eigenvalue weighted by atomic mass is 16.3. The fraction of sp³-hybridized carbons (Fsp3) is 0.364. The van der Waals surface area contributed by atoms with Gasteiger partial charge in [-0.05, 0) is 48.7 Å². The fourth-order valence-corrected chi connectivity index (χ4v) is 3.02. The largest absolute Gasteiger partial charge is 0.508 e. The first-order valence-corrected chi connectivity index (χ1v) is 9.40. The third-order valence-corrected chi connectivity index (χ3v) is 4.66. The molecule has 0 saturated heterocycles. The van der Waals surface area contributed by atoms with Gasteiger partial charge in [0.25, 0.3) is 11.8 Å². The van der Waals surface area contributed by atoms with Crippen molar-refractivity contribution in [3.63, 3.8) is 0 Å². The summed E-state index contributed by atoms with van der Waals surface area (Å²) >= 11 is 0. The predicted octanol–water partition coefficient (Wildman–Crippen LogP) is 4.60. The van der Waals surface area contributed by atoms with Crippen LogP contribution in [0, 0.1) is 5.92 Å². The van der Waals surface area contributed by atoms with Gasteiger partial charge in [-0.15, -0.1) is 0 Å². The third kappa shape index (κ3) is 5.58. The van der Waals surface area contributed by atoms with Crippen LogP contribution in [0.1, 0.15) is 60.2 Å². The first-order valence-electron chi connectivity index (χ1n) is 9.40. The lowest BCUT2D eigenvalue weighted by molar-refractivity contribution is 0.0585. The number of phenolic OH excluding ortho intramolecular Hbond substituents is 2. The quantitative estimate of drug-likeness (QED) is 0.667. The molecule has 0 aromatic heterocycles. The Morgan fingerprint density at radius 3 is 1.85 bits per heavy atom. The van der Waals surface area contributed by atoms with E-state index in [2.05, 4.69) is 13.8 Å². The van der Waals surface area contributed by atoms with Crippen LogP contribution < -0.4 is 0 Å². The molecule has 27 heavy (non-hydrogen) atoms. The van der Waals surface area contributed by atoms with Crippen molar-refractivity contribution >= 4 is 11.8 Å². The van der Waals surface area contributed by atoms with E-state index in [4.69, 9.17) is 0 Å². The van der Waals surface area contributed by atoms with E-state index in [1.165, 1.54) is 29.2 Å². The van der Waals surface area contributed by atoms with Gasteiger partial charge in [0.1, 0.15) is 11.5 Å². The molecule has 144 valence electrons. The predicted molar refractivity (Wildman–Crippen MR) is 105 cm³/mol. The van der Waals surface area contributed by atoms with Crippen LogP contribution in [0.5, 0.6) is 11.5 Å². The molecular weight excluding hydrogens is 342 g/mol. The van der Waals surface area contributed by atoms with E-state index in [0.717, 1.165) is 25.7 Å². The Bertz CT molecular complexity index is 730. The van der Waals surface area contributed by atoms with E-state index in [9.17, 15) is 19.8 Å². The molecule has 2 amide bonds. The average Bonchev–Trinajstić information content (AvgIpc) is 2.67. The van der Waals surface area contributed by atoms with Crippen LogP contribution in [0.3, 0.4) is 0 Å². The van der Waals surface area contributed by atoms with Crippen molar-refractivity contribution in [3.8, 4) is 11.5 Å². The van der Waals surface area contributed by atoms with Crippen molar-refractivity contribution in [2.24, 2.45) is 5.92 Å². The maximum absolute atomic E-state index is 13.1. The zero-order valence-electron chi connectivity index (χ0n) is 15.9. The van der Waals surface area contributed by atoms with Gasteiger partial charge in [-0.2, -0.15) is 0 Å². The molecule has 2 N–H and O–H groups in total. The molecule has 0 heterocycles. The van der Waals surface area contributed by atoms with Crippen molar-refractivity contribution in [1.82, 2.24) is 4.90 Å². The lowest BCUT2D eigenvalue weighted by atomic mass is 9.98. The third-order valence-electron chi connectivity index (χ3n) is 4.66. The molecule has 0 saturated carbocycles. The van der Waals surface area contributed by atoms with Gasteiger partial charge >= 0.3 is 0 Å². The Balaban J connectivity index is 2.35. The number of amides is 2. The molecule has 2 aromatic carbocycles. The second-order valence-corrected chi connectivity index (χ2v) is 6.74. The summed E-state index contributed by atoms with van der Waals surface area (Å²) in [5.41, 5.74) is 0.516. The highest BCUT2D eigenvalue weighted by molar-refractivity contribution is 6.10. The van der Waals surface area contributed by atoms with Crippen LogP contribution in [-0.2, 0) is 0 Å². The Labute approximate surface area is 160 Å². The first-order chi connectivity index (χ1) is 13.0. The number of aromatic hydroxyl groups is 2. The van der Waals surface area contributed by atoms with E-state index >= 15 is 0 Å². The summed E-state index contributed by atoms with van der Waals surface area (Å²) in [4.78, 5) is 27.3. The van der Waals surface area contributed by atoms with Crippen LogP contribution >= 0.6 is 0 Å². The number of carbonyl (C=O) groups excluding carboxylic acids is 2. The second kappa shape index (κ2) is 9.76. The van der Waals surface area contributed by atoms with Gasteiger partial charge in [0, 0.05) is 17.7 Å². The summed E-state index contributed by atoms with van der Waals surface area (Å²) in [5.74, 6) is -0.747. The number of carbonyl (C=O) groups is 2. The normalized spacial score (nSPS) is 11.8. The number of rotatable bonds is 8. The van der Waals surface area contributed by atoms with Crippen LogP contribution in [0.15, 0.2) is 48.5 Å². The Morgan fingerprint density at radius 1 is 0.926 bits per heavy atom. The number of nitrogens with zero attached hydrogens (tertiary/aromatic N) is 1. The summed E-state index contributed by atoms with van der Waals surface area (Å²) in [6.07, 6.45) is 3.88. The summed E-state index contributed by atoms with van der Waals surface area (Å²) in [7, 11) is 0. The molecule has 0 aliphatic rings. The molecule has 0 radical (unpaired) electrons. The Morgan fingerprint density at radius 2 is 1.44 bits per heavy atom. The van der Waals surface area contributed by atoms with E-state index in [1.807, 2.05) is 0 Å². The molecule has 0 spiro atoms. The molecule has 2 aromatic rings. The van der Waals surface area contributed by atoms with E-state index in [1.54, 1.807) is 24.3 Å². The molecule has 0 aliphatic heterocycles. The van der Waals surface area contributed by atoms with E-state index < -0.39 is 11.8 Å². The van der Waals surface area contributed by atoms with Crippen molar-refractivity contribution in [2.45, 2.75) is 39.5 Å². The first kappa shape index (κ1) is 20.5. The van der Waals surface area contributed by atoms with Gasteiger partial charge in [-0.25, -0.2) is 0 Å². The lowest BCUT2D eigenvalue weighted by Crippen LogP contribution is -2.40. The topological polar surface area (TPSA) is 77.8 Å². The highest BCUT2D eigenvalue weighted by Crippen LogP contribution is 2.21. The van der Waals surface area contributed by atoms with Gasteiger partial charge in [-0.1, -0.05) is 45.2 Å². The fourth-order valence-electron chi connectivity index (χ4n) is 3.02. The summed E-state index contributed by atoms with van der Waals surface area (Å²) in [6.45, 7) is 4.47. The molecule has 5 heteroatoms. The van der Waals surface area contributed by atoms with Crippen LogP contribution in [0.25, 0.3) is 0 Å². The maximum Gasteiger partial charge on any atom is 0.260 e. The molecule has 0 aliphatic carbocycles. The van der Waals surface area contributed by atoms with E-state index in [-0.39, 0.29) is 28.5 Å². The minimum atomic E-state index is -0.450. The lowest BCUT2D eigenvalue weighted by Gasteiger charge is -2.26. The molecular formula is C22H27NO4. The second-order valence-electron chi connectivity index (χ2n) is 6.74. The molecule has 5 nitrogen and oxygen atoms in total. The smallest absolute Gasteiger partial charge is 0.260 e. The number of unbranched alkanes of at least 4 members (excludes halogenated alkanes) is 1. The molecule has 1 unspecified atom stereocenters. The number of phenols is 2. The minimum absolute atomic E-state index is 0.0244. The van der Waals surface area contributed by atoms with Gasteiger partial charge in [0.15, 0.2) is 0 Å². The Kier molecular flexibility index (Phi) is 7.41. The number of hydrogen-bond acceptors (Lipinski definition) is 4. The van der Waals surface area contributed by atoms with Crippen molar-refractivity contribution in [3.05, 3.63) is 59.7 Å². The van der Waals surface area contributed by atoms with Crippen molar-refractivity contribution < 1.29 is 19.8 Å².